The molecule has 0 aliphatic rings. The largest absolute Gasteiger partial charge is 1.00 e. The summed E-state index contributed by atoms with van der Waals surface area (Å²) in [6.45, 7) is 2.23. The molecule has 0 bridgehead atoms. The Morgan fingerprint density at radius 2 is 1.71 bits per heavy atom. The van der Waals surface area contributed by atoms with E-state index in [1.165, 1.54) is 48.3 Å². The minimum atomic E-state index is -0.336. The van der Waals surface area contributed by atoms with Gasteiger partial charge in [0.15, 0.2) is 0 Å². The molecule has 0 aromatic heterocycles. The van der Waals surface area contributed by atoms with Crippen LogP contribution >= 0.6 is 0 Å². The lowest BCUT2D eigenvalue weighted by atomic mass is 10.0. The van der Waals surface area contributed by atoms with E-state index >= 15 is 0 Å². The number of nitrogens with zero attached hydrogens (tertiary/aromatic N) is 2. The monoisotopic (exact) mass is 448 g/mol. The number of ether oxygens (including phenoxy) is 1. The molecule has 1 aromatic rings. The van der Waals surface area contributed by atoms with Crippen LogP contribution in [-0.4, -0.2) is 46.2 Å². The van der Waals surface area contributed by atoms with Gasteiger partial charge in [-0.05, 0) is 25.0 Å². The first kappa shape index (κ1) is 23.2. The molecule has 5 heteroatoms. The van der Waals surface area contributed by atoms with Crippen LogP contribution in [0.3, 0.4) is 0 Å². The minimum Gasteiger partial charge on any atom is -1.00 e. The van der Waals surface area contributed by atoms with E-state index in [1.807, 2.05) is 12.1 Å². The fraction of sp³-hybridized carbons (Fsp3) is 0.632. The first-order chi connectivity index (χ1) is 10.8. The van der Waals surface area contributed by atoms with Gasteiger partial charge >= 0.3 is 6.09 Å². The molecule has 24 heavy (non-hydrogen) atoms. The van der Waals surface area contributed by atoms with Gasteiger partial charge in [0.1, 0.15) is 11.4 Å². The minimum absolute atomic E-state index is 0. The molecule has 0 heterocycles. The molecule has 0 spiro atoms. The Morgan fingerprint density at radius 1 is 1.08 bits per heavy atom. The van der Waals surface area contributed by atoms with E-state index < -0.39 is 0 Å². The third-order valence-corrected chi connectivity index (χ3v) is 3.89. The molecule has 1 amide bonds. The van der Waals surface area contributed by atoms with Gasteiger partial charge in [0, 0.05) is 25.7 Å². The van der Waals surface area contributed by atoms with Gasteiger partial charge in [0.2, 0.25) is 0 Å². The SMILES string of the molecule is CCCCCCCc1cc(OC(=O)N(C)C)ccc1[N+](C)(C)C.[I-]. The molecule has 0 N–H and O–H groups in total. The van der Waals surface area contributed by atoms with Crippen LogP contribution < -0.4 is 33.2 Å². The molecular weight excluding hydrogens is 415 g/mol. The maximum Gasteiger partial charge on any atom is 0.414 e. The van der Waals surface area contributed by atoms with Crippen molar-refractivity contribution >= 4 is 11.8 Å². The summed E-state index contributed by atoms with van der Waals surface area (Å²) in [5.41, 5.74) is 2.56. The number of unbranched alkanes of at least 4 members (excludes halogenated alkanes) is 4. The predicted octanol–water partition coefficient (Wildman–Crippen LogP) is 1.46. The van der Waals surface area contributed by atoms with Gasteiger partial charge < -0.3 is 33.6 Å². The highest BCUT2D eigenvalue weighted by Gasteiger charge is 2.19. The number of halogens is 1. The quantitative estimate of drug-likeness (QED) is 0.343. The van der Waals surface area contributed by atoms with Crippen molar-refractivity contribution in [1.82, 2.24) is 9.38 Å². The van der Waals surface area contributed by atoms with E-state index in [0.717, 1.165) is 10.9 Å². The van der Waals surface area contributed by atoms with Crippen LogP contribution in [0.1, 0.15) is 44.6 Å². The summed E-state index contributed by atoms with van der Waals surface area (Å²) in [6, 6.07) is 6.00. The van der Waals surface area contributed by atoms with Crippen LogP contribution in [0, 0.1) is 0 Å². The third-order valence-electron chi connectivity index (χ3n) is 3.89. The highest BCUT2D eigenvalue weighted by molar-refractivity contribution is 5.70. The zero-order valence-electron chi connectivity index (χ0n) is 16.1. The maximum atomic E-state index is 11.7. The zero-order valence-corrected chi connectivity index (χ0v) is 18.2. The Kier molecular flexibility index (Phi) is 10.6. The molecule has 1 aromatic carbocycles. The number of aryl methyl sites for hydroxylation is 1. The van der Waals surface area contributed by atoms with Crippen LogP contribution in [0.2, 0.25) is 0 Å². The van der Waals surface area contributed by atoms with Gasteiger partial charge in [-0.25, -0.2) is 4.79 Å². The van der Waals surface area contributed by atoms with Crippen molar-refractivity contribution < 1.29 is 33.5 Å². The number of rotatable bonds is 8. The van der Waals surface area contributed by atoms with Gasteiger partial charge in [-0.3, -0.25) is 4.48 Å². The molecule has 138 valence electrons. The molecule has 0 aliphatic heterocycles. The topological polar surface area (TPSA) is 29.5 Å². The van der Waals surface area contributed by atoms with Crippen LogP contribution in [0.5, 0.6) is 5.75 Å². The summed E-state index contributed by atoms with van der Waals surface area (Å²) >= 11 is 0. The Hall–Kier alpha value is -0.820. The van der Waals surface area contributed by atoms with E-state index in [2.05, 4.69) is 34.1 Å². The lowest BCUT2D eigenvalue weighted by Crippen LogP contribution is -3.00. The maximum absolute atomic E-state index is 11.7. The van der Waals surface area contributed by atoms with Crippen LogP contribution in [0.4, 0.5) is 10.5 Å². The molecule has 0 radical (unpaired) electrons. The summed E-state index contributed by atoms with van der Waals surface area (Å²) in [6.07, 6.45) is 7.00. The first-order valence-electron chi connectivity index (χ1n) is 8.59. The molecule has 4 nitrogen and oxygen atoms in total. The number of quaternary nitrogens is 1. The van der Waals surface area contributed by atoms with E-state index in [4.69, 9.17) is 4.74 Å². The van der Waals surface area contributed by atoms with E-state index in [-0.39, 0.29) is 30.1 Å². The number of hydrogen-bond donors (Lipinski definition) is 0. The van der Waals surface area contributed by atoms with Crippen LogP contribution in [0.15, 0.2) is 18.2 Å². The summed E-state index contributed by atoms with van der Waals surface area (Å²) in [5, 5.41) is 0. The second kappa shape index (κ2) is 10.9. The fourth-order valence-corrected chi connectivity index (χ4v) is 2.59. The van der Waals surface area contributed by atoms with Crippen molar-refractivity contribution in [3.05, 3.63) is 23.8 Å². The van der Waals surface area contributed by atoms with Crippen LogP contribution in [-0.2, 0) is 6.42 Å². The molecule has 0 atom stereocenters. The zero-order chi connectivity index (χ0) is 17.5. The molecule has 0 unspecified atom stereocenters. The smallest absolute Gasteiger partial charge is 0.414 e. The summed E-state index contributed by atoms with van der Waals surface area (Å²) in [7, 11) is 9.89. The van der Waals surface area contributed by atoms with Gasteiger partial charge in [0.05, 0.1) is 21.1 Å². The molecule has 0 saturated carbocycles. The molecule has 0 fully saturated rings. The number of carbonyl (C=O) groups excluding carboxylic acids is 1. The van der Waals surface area contributed by atoms with Gasteiger partial charge in [0.25, 0.3) is 0 Å². The lowest BCUT2D eigenvalue weighted by Gasteiger charge is -2.26. The Morgan fingerprint density at radius 3 is 2.25 bits per heavy atom. The predicted molar refractivity (Wildman–Crippen MR) is 98.2 cm³/mol. The Balaban J connectivity index is 0.00000529. The van der Waals surface area contributed by atoms with Gasteiger partial charge in [-0.1, -0.05) is 32.6 Å². The van der Waals surface area contributed by atoms with Gasteiger partial charge in [-0.2, -0.15) is 0 Å². The molecule has 0 aliphatic carbocycles. The average Bonchev–Trinajstić information content (AvgIpc) is 2.46. The Bertz CT molecular complexity index is 511. The number of amides is 1. The average molecular weight is 448 g/mol. The molecule has 0 saturated heterocycles. The second-order valence-electron chi connectivity index (χ2n) is 7.23. The highest BCUT2D eigenvalue weighted by atomic mass is 127. The Labute approximate surface area is 164 Å². The van der Waals surface area contributed by atoms with Gasteiger partial charge in [-0.15, -0.1) is 0 Å². The van der Waals surface area contributed by atoms with Crippen molar-refractivity contribution in [2.75, 3.05) is 35.2 Å². The van der Waals surface area contributed by atoms with E-state index in [0.29, 0.717) is 5.75 Å². The number of benzene rings is 1. The molecular formula is C19H33IN2O2. The third kappa shape index (κ3) is 7.83. The summed E-state index contributed by atoms with van der Waals surface area (Å²) in [5.74, 6) is 0.629. The normalized spacial score (nSPS) is 10.9. The van der Waals surface area contributed by atoms with Crippen molar-refractivity contribution in [2.45, 2.75) is 45.4 Å². The van der Waals surface area contributed by atoms with Crippen LogP contribution in [0.25, 0.3) is 0 Å². The first-order valence-corrected chi connectivity index (χ1v) is 8.59. The molecule has 1 rings (SSSR count). The summed E-state index contributed by atoms with van der Waals surface area (Å²) in [4.78, 5) is 13.2. The van der Waals surface area contributed by atoms with E-state index in [9.17, 15) is 4.79 Å². The number of carbonyl (C=O) groups is 1. The fourth-order valence-electron chi connectivity index (χ4n) is 2.59. The number of hydrogen-bond acceptors (Lipinski definition) is 2. The lowest BCUT2D eigenvalue weighted by molar-refractivity contribution is -0.0000104. The highest BCUT2D eigenvalue weighted by Crippen LogP contribution is 2.29. The van der Waals surface area contributed by atoms with Crippen molar-refractivity contribution in [3.8, 4) is 5.75 Å². The standard InChI is InChI=1S/C19H33N2O2.HI/c1-7-8-9-10-11-12-16-15-17(23-19(22)20(2)3)13-14-18(16)21(4,5)6;/h13-15H,7-12H2,1-6H3;1H/q+1;/p-1. The summed E-state index contributed by atoms with van der Waals surface area (Å²) < 4.78 is 6.18. The van der Waals surface area contributed by atoms with Crippen molar-refractivity contribution in [2.24, 2.45) is 0 Å². The van der Waals surface area contributed by atoms with Crippen molar-refractivity contribution in [1.29, 1.82) is 0 Å². The van der Waals surface area contributed by atoms with Crippen molar-refractivity contribution in [3.63, 3.8) is 0 Å². The van der Waals surface area contributed by atoms with E-state index in [1.54, 1.807) is 14.1 Å². The second-order valence-corrected chi connectivity index (χ2v) is 7.23.